The summed E-state index contributed by atoms with van der Waals surface area (Å²) < 4.78 is 0. The van der Waals surface area contributed by atoms with Gasteiger partial charge in [-0.15, -0.1) is 0 Å². The summed E-state index contributed by atoms with van der Waals surface area (Å²) in [7, 11) is 0. The number of carbonyl (C=O) groups excluding carboxylic acids is 1. The van der Waals surface area contributed by atoms with Crippen molar-refractivity contribution in [2.75, 3.05) is 13.1 Å². The summed E-state index contributed by atoms with van der Waals surface area (Å²) >= 11 is 0. The average molecular weight is 184 g/mol. The minimum Gasteiger partial charge on any atom is -0.352 e. The average Bonchev–Trinajstić information content (AvgIpc) is 2.00. The molecule has 0 fully saturated rings. The highest BCUT2D eigenvalue weighted by molar-refractivity contribution is 5.76. The molecule has 0 heterocycles. The van der Waals surface area contributed by atoms with E-state index in [1.807, 2.05) is 6.92 Å². The Hall–Kier alpha value is -0.830. The van der Waals surface area contributed by atoms with Crippen molar-refractivity contribution in [3.05, 3.63) is 12.2 Å². The molecule has 0 atom stereocenters. The smallest absolute Gasteiger partial charge is 0.221 e. The largest absolute Gasteiger partial charge is 0.352 e. The predicted octanol–water partition coefficient (Wildman–Crippen LogP) is 1.07. The van der Waals surface area contributed by atoms with Gasteiger partial charge in [-0.05, 0) is 6.92 Å². The van der Waals surface area contributed by atoms with Crippen LogP contribution < -0.4 is 10.6 Å². The van der Waals surface area contributed by atoms with E-state index in [9.17, 15) is 4.79 Å². The SMILES string of the molecule is C=C(C)CNC(=O)CCNC(C)C. The van der Waals surface area contributed by atoms with Gasteiger partial charge in [-0.1, -0.05) is 26.0 Å². The van der Waals surface area contributed by atoms with Crippen molar-refractivity contribution in [1.29, 1.82) is 0 Å². The Morgan fingerprint density at radius 2 is 2.08 bits per heavy atom. The van der Waals surface area contributed by atoms with E-state index in [1.165, 1.54) is 0 Å². The first-order valence-electron chi connectivity index (χ1n) is 4.67. The monoisotopic (exact) mass is 184 g/mol. The van der Waals surface area contributed by atoms with E-state index < -0.39 is 0 Å². The fourth-order valence-electron chi connectivity index (χ4n) is 0.812. The van der Waals surface area contributed by atoms with E-state index in [0.29, 0.717) is 19.0 Å². The molecule has 0 spiro atoms. The summed E-state index contributed by atoms with van der Waals surface area (Å²) in [5.74, 6) is 0.0798. The summed E-state index contributed by atoms with van der Waals surface area (Å²) in [4.78, 5) is 11.1. The Morgan fingerprint density at radius 1 is 1.46 bits per heavy atom. The molecule has 0 unspecified atom stereocenters. The topological polar surface area (TPSA) is 41.1 Å². The van der Waals surface area contributed by atoms with Crippen LogP contribution in [0.2, 0.25) is 0 Å². The lowest BCUT2D eigenvalue weighted by Gasteiger charge is -2.08. The van der Waals surface area contributed by atoms with Gasteiger partial charge in [-0.2, -0.15) is 0 Å². The molecule has 0 aliphatic rings. The maximum absolute atomic E-state index is 11.1. The van der Waals surface area contributed by atoms with E-state index in [-0.39, 0.29) is 5.91 Å². The zero-order valence-electron chi connectivity index (χ0n) is 8.81. The molecule has 0 aromatic heterocycles. The summed E-state index contributed by atoms with van der Waals surface area (Å²) in [5, 5.41) is 5.96. The van der Waals surface area contributed by atoms with Gasteiger partial charge in [0, 0.05) is 25.6 Å². The fraction of sp³-hybridized carbons (Fsp3) is 0.700. The molecular formula is C10H20N2O. The summed E-state index contributed by atoms with van der Waals surface area (Å²) in [5.41, 5.74) is 0.977. The number of nitrogens with one attached hydrogen (secondary N) is 2. The van der Waals surface area contributed by atoms with Crippen LogP contribution in [0.1, 0.15) is 27.2 Å². The van der Waals surface area contributed by atoms with Crippen molar-refractivity contribution in [1.82, 2.24) is 10.6 Å². The number of amides is 1. The zero-order valence-corrected chi connectivity index (χ0v) is 8.81. The third-order valence-corrected chi connectivity index (χ3v) is 1.49. The highest BCUT2D eigenvalue weighted by atomic mass is 16.1. The van der Waals surface area contributed by atoms with E-state index >= 15 is 0 Å². The summed E-state index contributed by atoms with van der Waals surface area (Å²) in [6, 6.07) is 0.439. The lowest BCUT2D eigenvalue weighted by atomic mass is 10.3. The van der Waals surface area contributed by atoms with Gasteiger partial charge in [-0.3, -0.25) is 4.79 Å². The van der Waals surface area contributed by atoms with Crippen LogP contribution in [-0.4, -0.2) is 25.0 Å². The van der Waals surface area contributed by atoms with Gasteiger partial charge in [-0.25, -0.2) is 0 Å². The van der Waals surface area contributed by atoms with E-state index in [1.54, 1.807) is 0 Å². The number of carbonyl (C=O) groups is 1. The Morgan fingerprint density at radius 3 is 2.54 bits per heavy atom. The Kier molecular flexibility index (Phi) is 6.24. The lowest BCUT2D eigenvalue weighted by Crippen LogP contribution is -2.31. The first-order chi connectivity index (χ1) is 6.02. The summed E-state index contributed by atoms with van der Waals surface area (Å²) in [6.45, 7) is 11.0. The third-order valence-electron chi connectivity index (χ3n) is 1.49. The molecule has 1 amide bonds. The van der Waals surface area contributed by atoms with E-state index in [0.717, 1.165) is 12.1 Å². The van der Waals surface area contributed by atoms with Gasteiger partial charge in [0.2, 0.25) is 5.91 Å². The van der Waals surface area contributed by atoms with Gasteiger partial charge in [0.1, 0.15) is 0 Å². The van der Waals surface area contributed by atoms with Crippen LogP contribution in [0.3, 0.4) is 0 Å². The van der Waals surface area contributed by atoms with Gasteiger partial charge < -0.3 is 10.6 Å². The molecular weight excluding hydrogens is 164 g/mol. The Balaban J connectivity index is 3.36. The molecule has 2 N–H and O–H groups in total. The molecule has 0 saturated carbocycles. The highest BCUT2D eigenvalue weighted by Crippen LogP contribution is 1.84. The maximum Gasteiger partial charge on any atom is 0.221 e. The molecule has 0 saturated heterocycles. The van der Waals surface area contributed by atoms with Crippen molar-refractivity contribution < 1.29 is 4.79 Å². The van der Waals surface area contributed by atoms with Gasteiger partial charge in [0.15, 0.2) is 0 Å². The van der Waals surface area contributed by atoms with Crippen molar-refractivity contribution in [3.8, 4) is 0 Å². The second-order valence-electron chi connectivity index (χ2n) is 3.59. The van der Waals surface area contributed by atoms with Crippen molar-refractivity contribution in [2.24, 2.45) is 0 Å². The molecule has 13 heavy (non-hydrogen) atoms. The molecule has 0 aromatic rings. The van der Waals surface area contributed by atoms with Crippen LogP contribution in [-0.2, 0) is 4.79 Å². The molecule has 3 heteroatoms. The van der Waals surface area contributed by atoms with Crippen LogP contribution in [0.25, 0.3) is 0 Å². The molecule has 0 aliphatic heterocycles. The van der Waals surface area contributed by atoms with Crippen molar-refractivity contribution >= 4 is 5.91 Å². The van der Waals surface area contributed by atoms with E-state index in [4.69, 9.17) is 0 Å². The predicted molar refractivity (Wildman–Crippen MR) is 55.6 cm³/mol. The van der Waals surface area contributed by atoms with Gasteiger partial charge in [0.25, 0.3) is 0 Å². The van der Waals surface area contributed by atoms with Gasteiger partial charge >= 0.3 is 0 Å². The van der Waals surface area contributed by atoms with E-state index in [2.05, 4.69) is 31.1 Å². The van der Waals surface area contributed by atoms with Crippen LogP contribution in [0.5, 0.6) is 0 Å². The maximum atomic E-state index is 11.1. The zero-order chi connectivity index (χ0) is 10.3. The molecule has 0 aromatic carbocycles. The minimum atomic E-state index is 0.0798. The third kappa shape index (κ3) is 9.08. The summed E-state index contributed by atoms with van der Waals surface area (Å²) in [6.07, 6.45) is 0.533. The second-order valence-corrected chi connectivity index (χ2v) is 3.59. The van der Waals surface area contributed by atoms with Crippen LogP contribution in [0, 0.1) is 0 Å². The van der Waals surface area contributed by atoms with Gasteiger partial charge in [0.05, 0.1) is 0 Å². The first-order valence-corrected chi connectivity index (χ1v) is 4.67. The molecule has 0 radical (unpaired) electrons. The van der Waals surface area contributed by atoms with Crippen LogP contribution in [0.4, 0.5) is 0 Å². The van der Waals surface area contributed by atoms with Crippen molar-refractivity contribution in [3.63, 3.8) is 0 Å². The Bertz CT molecular complexity index is 176. The van der Waals surface area contributed by atoms with Crippen LogP contribution in [0.15, 0.2) is 12.2 Å². The first kappa shape index (κ1) is 12.2. The number of hydrogen-bond donors (Lipinski definition) is 2. The second kappa shape index (κ2) is 6.66. The fourth-order valence-corrected chi connectivity index (χ4v) is 0.812. The molecule has 0 aliphatic carbocycles. The molecule has 3 nitrogen and oxygen atoms in total. The lowest BCUT2D eigenvalue weighted by molar-refractivity contribution is -0.120. The molecule has 0 bridgehead atoms. The van der Waals surface area contributed by atoms with Crippen LogP contribution >= 0.6 is 0 Å². The standard InChI is InChI=1S/C10H20N2O/c1-8(2)7-12-10(13)5-6-11-9(3)4/h9,11H,1,5-7H2,2-4H3,(H,12,13). The highest BCUT2D eigenvalue weighted by Gasteiger charge is 2.00. The minimum absolute atomic E-state index is 0.0798. The number of rotatable bonds is 6. The normalized spacial score (nSPS) is 10.2. The molecule has 76 valence electrons. The number of hydrogen-bond acceptors (Lipinski definition) is 2. The Labute approximate surface area is 80.6 Å². The quantitative estimate of drug-likeness (QED) is 0.606. The molecule has 0 rings (SSSR count). The van der Waals surface area contributed by atoms with Crippen molar-refractivity contribution in [2.45, 2.75) is 33.2 Å².